The molecule has 0 saturated heterocycles. The van der Waals surface area contributed by atoms with Crippen LogP contribution in [-0.4, -0.2) is 9.55 Å². The summed E-state index contributed by atoms with van der Waals surface area (Å²) in [7, 11) is 0. The van der Waals surface area contributed by atoms with E-state index in [0.29, 0.717) is 5.02 Å². The Morgan fingerprint density at radius 2 is 1.75 bits per heavy atom. The molecule has 0 aliphatic carbocycles. The number of imidazole rings is 1. The Bertz CT molecular complexity index is 800. The Morgan fingerprint density at radius 1 is 1.05 bits per heavy atom. The minimum Gasteiger partial charge on any atom is -0.305 e. The number of para-hydroxylation sites is 1. The molecule has 0 radical (unpaired) electrons. The number of benzene rings is 2. The zero-order valence-electron chi connectivity index (χ0n) is 10.9. The highest BCUT2D eigenvalue weighted by Crippen LogP contribution is 2.20. The zero-order valence-corrected chi connectivity index (χ0v) is 11.7. The maximum Gasteiger partial charge on any atom is 0.330 e. The summed E-state index contributed by atoms with van der Waals surface area (Å²) in [5, 5.41) is 0.675. The molecule has 0 fully saturated rings. The lowest BCUT2D eigenvalue weighted by Crippen LogP contribution is -2.14. The van der Waals surface area contributed by atoms with Crippen LogP contribution in [0.5, 0.6) is 0 Å². The van der Waals surface area contributed by atoms with Crippen molar-refractivity contribution in [1.82, 2.24) is 9.55 Å². The number of hydrogen-bond donors (Lipinski definition) is 1. The highest BCUT2D eigenvalue weighted by Gasteiger charge is 2.08. The number of aryl methyl sites for hydroxylation is 1. The van der Waals surface area contributed by atoms with Gasteiger partial charge in [0.2, 0.25) is 0 Å². The molecule has 0 aliphatic heterocycles. The zero-order chi connectivity index (χ0) is 14.1. The van der Waals surface area contributed by atoms with Crippen LogP contribution in [0, 0.1) is 6.92 Å². The van der Waals surface area contributed by atoms with Crippen LogP contribution in [0.1, 0.15) is 5.56 Å². The molecule has 0 aliphatic rings. The number of aromatic amines is 1. The fourth-order valence-electron chi connectivity index (χ4n) is 2.18. The highest BCUT2D eigenvalue weighted by atomic mass is 35.5. The van der Waals surface area contributed by atoms with Crippen LogP contribution in [0.4, 0.5) is 0 Å². The number of rotatable bonds is 2. The summed E-state index contributed by atoms with van der Waals surface area (Å²) in [5.74, 6) is 0. The second-order valence-corrected chi connectivity index (χ2v) is 5.07. The summed E-state index contributed by atoms with van der Waals surface area (Å²) < 4.78 is 1.62. The standard InChI is InChI=1S/C16H13ClN2O/c1-11-4-2-3-5-15(11)19-10-14(18-16(19)20)12-6-8-13(17)9-7-12/h2-10H,1H3,(H,18,20). The van der Waals surface area contributed by atoms with Gasteiger partial charge < -0.3 is 4.98 Å². The Balaban J connectivity index is 2.10. The third-order valence-corrected chi connectivity index (χ3v) is 3.50. The third kappa shape index (κ3) is 2.28. The van der Waals surface area contributed by atoms with Crippen molar-refractivity contribution < 1.29 is 0 Å². The molecule has 2 aromatic carbocycles. The van der Waals surface area contributed by atoms with Gasteiger partial charge in [0.25, 0.3) is 0 Å². The summed E-state index contributed by atoms with van der Waals surface area (Å²) in [6, 6.07) is 15.2. The van der Waals surface area contributed by atoms with Gasteiger partial charge in [-0.15, -0.1) is 0 Å². The summed E-state index contributed by atoms with van der Waals surface area (Å²) in [6.07, 6.45) is 1.81. The van der Waals surface area contributed by atoms with Crippen molar-refractivity contribution in [2.45, 2.75) is 6.92 Å². The van der Waals surface area contributed by atoms with Gasteiger partial charge in [-0.25, -0.2) is 4.79 Å². The first-order valence-electron chi connectivity index (χ1n) is 6.29. The van der Waals surface area contributed by atoms with E-state index in [1.165, 1.54) is 0 Å². The van der Waals surface area contributed by atoms with E-state index in [-0.39, 0.29) is 5.69 Å². The lowest BCUT2D eigenvalue weighted by Gasteiger charge is -2.04. The van der Waals surface area contributed by atoms with Crippen LogP contribution in [0.15, 0.2) is 59.5 Å². The smallest absolute Gasteiger partial charge is 0.305 e. The van der Waals surface area contributed by atoms with Crippen molar-refractivity contribution in [2.75, 3.05) is 0 Å². The predicted molar refractivity (Wildman–Crippen MR) is 81.6 cm³/mol. The van der Waals surface area contributed by atoms with Crippen molar-refractivity contribution in [3.8, 4) is 16.9 Å². The van der Waals surface area contributed by atoms with E-state index in [1.807, 2.05) is 49.5 Å². The van der Waals surface area contributed by atoms with Crippen molar-refractivity contribution in [3.63, 3.8) is 0 Å². The molecule has 1 heterocycles. The fraction of sp³-hybridized carbons (Fsp3) is 0.0625. The van der Waals surface area contributed by atoms with E-state index in [1.54, 1.807) is 16.7 Å². The maximum atomic E-state index is 12.1. The van der Waals surface area contributed by atoms with Gasteiger partial charge in [-0.3, -0.25) is 4.57 Å². The van der Waals surface area contributed by atoms with E-state index >= 15 is 0 Å². The summed E-state index contributed by atoms with van der Waals surface area (Å²) in [4.78, 5) is 15.0. The van der Waals surface area contributed by atoms with Crippen molar-refractivity contribution in [2.24, 2.45) is 0 Å². The highest BCUT2D eigenvalue weighted by molar-refractivity contribution is 6.30. The molecule has 0 unspecified atom stereocenters. The third-order valence-electron chi connectivity index (χ3n) is 3.25. The van der Waals surface area contributed by atoms with E-state index in [4.69, 9.17) is 11.6 Å². The van der Waals surface area contributed by atoms with Gasteiger partial charge in [0.05, 0.1) is 11.4 Å². The predicted octanol–water partition coefficient (Wildman–Crippen LogP) is 3.79. The Kier molecular flexibility index (Phi) is 3.20. The molecule has 3 rings (SSSR count). The first kappa shape index (κ1) is 12.8. The van der Waals surface area contributed by atoms with Gasteiger partial charge in [-0.1, -0.05) is 41.9 Å². The van der Waals surface area contributed by atoms with Crippen LogP contribution in [0.3, 0.4) is 0 Å². The van der Waals surface area contributed by atoms with E-state index in [2.05, 4.69) is 4.98 Å². The van der Waals surface area contributed by atoms with Crippen molar-refractivity contribution in [3.05, 3.63) is 75.8 Å². The number of aromatic nitrogens is 2. The lowest BCUT2D eigenvalue weighted by molar-refractivity contribution is 0.976. The van der Waals surface area contributed by atoms with Crippen LogP contribution >= 0.6 is 11.6 Å². The molecular formula is C16H13ClN2O. The molecule has 0 amide bonds. The molecule has 3 aromatic rings. The fourth-order valence-corrected chi connectivity index (χ4v) is 2.31. The monoisotopic (exact) mass is 284 g/mol. The quantitative estimate of drug-likeness (QED) is 0.764. The molecule has 20 heavy (non-hydrogen) atoms. The second-order valence-electron chi connectivity index (χ2n) is 4.64. The van der Waals surface area contributed by atoms with Gasteiger partial charge in [0.15, 0.2) is 0 Å². The normalized spacial score (nSPS) is 10.7. The second kappa shape index (κ2) is 5.02. The number of H-pyrrole nitrogens is 1. The van der Waals surface area contributed by atoms with Gasteiger partial charge >= 0.3 is 5.69 Å². The Morgan fingerprint density at radius 3 is 2.45 bits per heavy atom. The van der Waals surface area contributed by atoms with Crippen molar-refractivity contribution >= 4 is 11.6 Å². The van der Waals surface area contributed by atoms with Gasteiger partial charge in [0, 0.05) is 11.2 Å². The van der Waals surface area contributed by atoms with E-state index in [9.17, 15) is 4.79 Å². The number of halogens is 1. The molecule has 3 nitrogen and oxygen atoms in total. The molecule has 0 saturated carbocycles. The lowest BCUT2D eigenvalue weighted by atomic mass is 10.2. The number of nitrogens with one attached hydrogen (secondary N) is 1. The van der Waals surface area contributed by atoms with Gasteiger partial charge in [-0.05, 0) is 36.2 Å². The molecule has 0 spiro atoms. The molecule has 100 valence electrons. The topological polar surface area (TPSA) is 37.8 Å². The molecule has 4 heteroatoms. The number of hydrogen-bond acceptors (Lipinski definition) is 1. The summed E-state index contributed by atoms with van der Waals surface area (Å²) >= 11 is 5.88. The first-order chi connectivity index (χ1) is 9.65. The number of nitrogens with zero attached hydrogens (tertiary/aromatic N) is 1. The average molecular weight is 285 g/mol. The molecule has 0 atom stereocenters. The van der Waals surface area contributed by atoms with Gasteiger partial charge in [-0.2, -0.15) is 0 Å². The van der Waals surface area contributed by atoms with E-state index < -0.39 is 0 Å². The van der Waals surface area contributed by atoms with Crippen LogP contribution < -0.4 is 5.69 Å². The van der Waals surface area contributed by atoms with Gasteiger partial charge in [0.1, 0.15) is 0 Å². The van der Waals surface area contributed by atoms with E-state index in [0.717, 1.165) is 22.5 Å². The van der Waals surface area contributed by atoms with Crippen LogP contribution in [-0.2, 0) is 0 Å². The minimum absolute atomic E-state index is 0.149. The van der Waals surface area contributed by atoms with Crippen molar-refractivity contribution in [1.29, 1.82) is 0 Å². The molecule has 1 aromatic heterocycles. The van der Waals surface area contributed by atoms with Crippen LogP contribution in [0.25, 0.3) is 16.9 Å². The minimum atomic E-state index is -0.149. The largest absolute Gasteiger partial charge is 0.330 e. The summed E-state index contributed by atoms with van der Waals surface area (Å²) in [6.45, 7) is 1.98. The Hall–Kier alpha value is -2.26. The first-order valence-corrected chi connectivity index (χ1v) is 6.66. The SMILES string of the molecule is Cc1ccccc1-n1cc(-c2ccc(Cl)cc2)[nH]c1=O. The van der Waals surface area contributed by atoms with Crippen LogP contribution in [0.2, 0.25) is 5.02 Å². The summed E-state index contributed by atoms with van der Waals surface area (Å²) in [5.41, 5.74) is 3.49. The average Bonchev–Trinajstić information content (AvgIpc) is 2.82. The molecule has 1 N–H and O–H groups in total. The maximum absolute atomic E-state index is 12.1. The molecule has 0 bridgehead atoms. The Labute approximate surface area is 121 Å². The molecular weight excluding hydrogens is 272 g/mol.